The SMILES string of the molecule is CCc1nc(S[C@@H](C)c2ccc(OC(F)F)cc2)n[nH]1. The highest BCUT2D eigenvalue weighted by Gasteiger charge is 2.12. The number of halogens is 2. The molecule has 0 aliphatic carbocycles. The number of rotatable bonds is 6. The van der Waals surface area contributed by atoms with E-state index in [0.29, 0.717) is 5.16 Å². The summed E-state index contributed by atoms with van der Waals surface area (Å²) in [5.74, 6) is 1.01. The third kappa shape index (κ3) is 3.93. The second kappa shape index (κ2) is 6.69. The molecule has 0 saturated heterocycles. The lowest BCUT2D eigenvalue weighted by Gasteiger charge is -2.10. The van der Waals surface area contributed by atoms with Crippen molar-refractivity contribution >= 4 is 11.8 Å². The number of H-pyrrole nitrogens is 1. The molecule has 1 N–H and O–H groups in total. The molecule has 1 aromatic heterocycles. The van der Waals surface area contributed by atoms with Crippen LogP contribution in [-0.4, -0.2) is 21.8 Å². The number of hydrogen-bond acceptors (Lipinski definition) is 4. The van der Waals surface area contributed by atoms with Gasteiger partial charge in [-0.05, 0) is 24.6 Å². The number of hydrogen-bond donors (Lipinski definition) is 1. The van der Waals surface area contributed by atoms with Crippen molar-refractivity contribution in [2.45, 2.75) is 37.3 Å². The van der Waals surface area contributed by atoms with E-state index in [0.717, 1.165) is 17.8 Å². The lowest BCUT2D eigenvalue weighted by atomic mass is 10.2. The number of aromatic nitrogens is 3. The average Bonchev–Trinajstić information content (AvgIpc) is 2.86. The van der Waals surface area contributed by atoms with E-state index in [1.807, 2.05) is 13.8 Å². The minimum atomic E-state index is -2.80. The van der Waals surface area contributed by atoms with Crippen LogP contribution in [0, 0.1) is 0 Å². The quantitative estimate of drug-likeness (QED) is 0.824. The van der Waals surface area contributed by atoms with E-state index in [1.54, 1.807) is 12.1 Å². The molecule has 0 unspecified atom stereocenters. The van der Waals surface area contributed by atoms with Crippen molar-refractivity contribution < 1.29 is 13.5 Å². The number of aryl methyl sites for hydroxylation is 1. The molecule has 0 aliphatic rings. The Labute approximate surface area is 119 Å². The zero-order valence-electron chi connectivity index (χ0n) is 11.1. The van der Waals surface area contributed by atoms with E-state index < -0.39 is 6.61 Å². The summed E-state index contributed by atoms with van der Waals surface area (Å²) in [6, 6.07) is 6.60. The topological polar surface area (TPSA) is 50.8 Å². The van der Waals surface area contributed by atoms with Gasteiger partial charge in [-0.1, -0.05) is 30.8 Å². The summed E-state index contributed by atoms with van der Waals surface area (Å²) in [6.07, 6.45) is 0.807. The summed E-state index contributed by atoms with van der Waals surface area (Å²) in [5.41, 5.74) is 1.000. The molecule has 0 amide bonds. The van der Waals surface area contributed by atoms with Crippen LogP contribution in [0.3, 0.4) is 0 Å². The van der Waals surface area contributed by atoms with Gasteiger partial charge in [-0.25, -0.2) is 4.98 Å². The lowest BCUT2D eigenvalue weighted by molar-refractivity contribution is -0.0498. The number of alkyl halides is 2. The van der Waals surface area contributed by atoms with Gasteiger partial charge in [0.25, 0.3) is 0 Å². The fraction of sp³-hybridized carbons (Fsp3) is 0.385. The number of aromatic amines is 1. The molecule has 4 nitrogen and oxygen atoms in total. The van der Waals surface area contributed by atoms with Gasteiger partial charge in [0.15, 0.2) is 0 Å². The Morgan fingerprint density at radius 2 is 2.00 bits per heavy atom. The van der Waals surface area contributed by atoms with Crippen LogP contribution in [0.1, 0.15) is 30.5 Å². The normalized spacial score (nSPS) is 12.7. The molecule has 20 heavy (non-hydrogen) atoms. The Kier molecular flexibility index (Phi) is 4.94. The Morgan fingerprint density at radius 3 is 2.55 bits per heavy atom. The van der Waals surface area contributed by atoms with E-state index in [4.69, 9.17) is 0 Å². The molecule has 1 heterocycles. The largest absolute Gasteiger partial charge is 0.435 e. The van der Waals surface area contributed by atoms with Crippen LogP contribution in [0.5, 0.6) is 5.75 Å². The highest BCUT2D eigenvalue weighted by Crippen LogP contribution is 2.33. The maximum Gasteiger partial charge on any atom is 0.387 e. The van der Waals surface area contributed by atoms with Gasteiger partial charge >= 0.3 is 6.61 Å². The molecule has 0 saturated carbocycles. The van der Waals surface area contributed by atoms with Crippen molar-refractivity contribution in [3.8, 4) is 5.75 Å². The molecule has 2 rings (SSSR count). The van der Waals surface area contributed by atoms with Gasteiger partial charge < -0.3 is 4.74 Å². The molecule has 0 spiro atoms. The first kappa shape index (κ1) is 14.8. The number of benzene rings is 1. The summed E-state index contributed by atoms with van der Waals surface area (Å²) >= 11 is 1.51. The summed E-state index contributed by atoms with van der Waals surface area (Å²) in [4.78, 5) is 4.32. The predicted molar refractivity (Wildman–Crippen MR) is 73.1 cm³/mol. The van der Waals surface area contributed by atoms with Crippen molar-refractivity contribution in [2.24, 2.45) is 0 Å². The number of ether oxygens (including phenoxy) is 1. The second-order valence-corrected chi connectivity index (χ2v) is 5.43. The fourth-order valence-corrected chi connectivity index (χ4v) is 2.51. The Bertz CT molecular complexity index is 545. The van der Waals surface area contributed by atoms with Crippen molar-refractivity contribution in [3.05, 3.63) is 35.7 Å². The van der Waals surface area contributed by atoms with E-state index >= 15 is 0 Å². The van der Waals surface area contributed by atoms with Crippen molar-refractivity contribution in [1.82, 2.24) is 15.2 Å². The molecule has 0 fully saturated rings. The summed E-state index contributed by atoms with van der Waals surface area (Å²) < 4.78 is 28.4. The summed E-state index contributed by atoms with van der Waals surface area (Å²) in [7, 11) is 0. The minimum Gasteiger partial charge on any atom is -0.435 e. The van der Waals surface area contributed by atoms with Crippen LogP contribution in [0.15, 0.2) is 29.4 Å². The van der Waals surface area contributed by atoms with Gasteiger partial charge in [-0.2, -0.15) is 8.78 Å². The zero-order chi connectivity index (χ0) is 14.5. The van der Waals surface area contributed by atoms with E-state index in [-0.39, 0.29) is 11.0 Å². The monoisotopic (exact) mass is 299 g/mol. The van der Waals surface area contributed by atoms with Crippen molar-refractivity contribution in [1.29, 1.82) is 0 Å². The highest BCUT2D eigenvalue weighted by atomic mass is 32.2. The standard InChI is InChI=1S/C13H15F2N3OS/c1-3-11-16-13(18-17-11)20-8(2)9-4-6-10(7-5-9)19-12(14)15/h4-8,12H,3H2,1-2H3,(H,16,17,18)/t8-/m0/s1. The second-order valence-electron chi connectivity index (χ2n) is 4.13. The number of nitrogens with one attached hydrogen (secondary N) is 1. The van der Waals surface area contributed by atoms with Crippen LogP contribution in [-0.2, 0) is 6.42 Å². The third-order valence-corrected chi connectivity index (χ3v) is 3.72. The van der Waals surface area contributed by atoms with Gasteiger partial charge in [-0.3, -0.25) is 5.10 Å². The van der Waals surface area contributed by atoms with Crippen LogP contribution < -0.4 is 4.74 Å². The fourth-order valence-electron chi connectivity index (χ4n) is 1.64. The van der Waals surface area contributed by atoms with Crippen LogP contribution >= 0.6 is 11.8 Å². The molecule has 0 radical (unpaired) electrons. The van der Waals surface area contributed by atoms with Gasteiger partial charge in [0.1, 0.15) is 11.6 Å². The highest BCUT2D eigenvalue weighted by molar-refractivity contribution is 7.99. The van der Waals surface area contributed by atoms with E-state index in [2.05, 4.69) is 19.9 Å². The van der Waals surface area contributed by atoms with Crippen LogP contribution in [0.25, 0.3) is 0 Å². The Morgan fingerprint density at radius 1 is 1.30 bits per heavy atom. The first-order valence-electron chi connectivity index (χ1n) is 6.21. The van der Waals surface area contributed by atoms with Crippen LogP contribution in [0.2, 0.25) is 0 Å². The number of thioether (sulfide) groups is 1. The smallest absolute Gasteiger partial charge is 0.387 e. The first-order valence-corrected chi connectivity index (χ1v) is 7.09. The molecule has 2 aromatic rings. The molecular formula is C13H15F2N3OS. The van der Waals surface area contributed by atoms with Gasteiger partial charge in [0.2, 0.25) is 5.16 Å². The Hall–Kier alpha value is -1.63. The van der Waals surface area contributed by atoms with E-state index in [9.17, 15) is 8.78 Å². The third-order valence-electron chi connectivity index (χ3n) is 2.70. The Balaban J connectivity index is 1.99. The molecule has 108 valence electrons. The van der Waals surface area contributed by atoms with Crippen molar-refractivity contribution in [2.75, 3.05) is 0 Å². The van der Waals surface area contributed by atoms with Gasteiger partial charge in [-0.15, -0.1) is 5.10 Å². The lowest BCUT2D eigenvalue weighted by Crippen LogP contribution is -2.01. The van der Waals surface area contributed by atoms with Gasteiger partial charge in [0, 0.05) is 11.7 Å². The first-order chi connectivity index (χ1) is 9.58. The van der Waals surface area contributed by atoms with Crippen LogP contribution in [0.4, 0.5) is 8.78 Å². The summed E-state index contributed by atoms with van der Waals surface area (Å²) in [5, 5.41) is 7.77. The van der Waals surface area contributed by atoms with Gasteiger partial charge in [0.05, 0.1) is 0 Å². The molecule has 0 bridgehead atoms. The van der Waals surface area contributed by atoms with Crippen molar-refractivity contribution in [3.63, 3.8) is 0 Å². The zero-order valence-corrected chi connectivity index (χ0v) is 12.0. The average molecular weight is 299 g/mol. The van der Waals surface area contributed by atoms with E-state index in [1.165, 1.54) is 23.9 Å². The molecule has 1 atom stereocenters. The number of nitrogens with zero attached hydrogens (tertiary/aromatic N) is 2. The summed E-state index contributed by atoms with van der Waals surface area (Å²) in [6.45, 7) is 1.21. The maximum absolute atomic E-state index is 12.1. The minimum absolute atomic E-state index is 0.121. The maximum atomic E-state index is 12.1. The molecule has 7 heteroatoms. The predicted octanol–water partition coefficient (Wildman–Crippen LogP) is 3.82. The molecule has 1 aromatic carbocycles. The molecule has 0 aliphatic heterocycles. The molecular weight excluding hydrogens is 284 g/mol.